The fraction of sp³-hybridized carbons (Fsp3) is 0.364. The number of hydrogen-bond donors (Lipinski definition) is 1. The molecule has 0 heterocycles. The Morgan fingerprint density at radius 1 is 1.47 bits per heavy atom. The lowest BCUT2D eigenvalue weighted by molar-refractivity contribution is -0.116. The van der Waals surface area contributed by atoms with Crippen LogP contribution in [0.1, 0.15) is 19.8 Å². The molecule has 0 bridgehead atoms. The Morgan fingerprint density at radius 3 is 2.53 bits per heavy atom. The van der Waals surface area contributed by atoms with Crippen molar-refractivity contribution >= 4 is 5.78 Å². The predicted molar refractivity (Wildman–Crippen MR) is 52.4 cm³/mol. The maximum Gasteiger partial charge on any atom is 0.166 e. The van der Waals surface area contributed by atoms with Crippen molar-refractivity contribution < 1.29 is 9.90 Å². The summed E-state index contributed by atoms with van der Waals surface area (Å²) in [7, 11) is 0. The van der Waals surface area contributed by atoms with Gasteiger partial charge >= 0.3 is 0 Å². The highest BCUT2D eigenvalue weighted by atomic mass is 16.3. The van der Waals surface area contributed by atoms with Crippen LogP contribution in [0.4, 0.5) is 0 Å². The van der Waals surface area contributed by atoms with Crippen molar-refractivity contribution in [3.05, 3.63) is 23.0 Å². The minimum absolute atomic E-state index is 0.0262. The van der Waals surface area contributed by atoms with Gasteiger partial charge in [-0.25, -0.2) is 0 Å². The van der Waals surface area contributed by atoms with Crippen LogP contribution >= 0.6 is 0 Å². The molecule has 0 radical (unpaired) electrons. The fourth-order valence-electron chi connectivity index (χ4n) is 1.50. The smallest absolute Gasteiger partial charge is 0.166 e. The zero-order valence-corrected chi connectivity index (χ0v) is 8.32. The first-order valence-electron chi connectivity index (χ1n) is 4.55. The quantitative estimate of drug-likeness (QED) is 0.656. The first-order valence-corrected chi connectivity index (χ1v) is 4.55. The Kier molecular flexibility index (Phi) is 3.25. The molecule has 0 aliphatic heterocycles. The maximum atomic E-state index is 11.5. The number of rotatable bonds is 1. The number of aliphatic hydroxyl groups is 1. The molecule has 0 amide bonds. The summed E-state index contributed by atoms with van der Waals surface area (Å²) in [5, 5.41) is 26.6. The first kappa shape index (κ1) is 11.0. The topological polar surface area (TPSA) is 84.9 Å². The van der Waals surface area contributed by atoms with Crippen molar-refractivity contribution in [1.29, 1.82) is 10.5 Å². The van der Waals surface area contributed by atoms with Gasteiger partial charge in [0, 0.05) is 12.8 Å². The molecule has 15 heavy (non-hydrogen) atoms. The van der Waals surface area contributed by atoms with Crippen LogP contribution in [0.3, 0.4) is 0 Å². The minimum Gasteiger partial charge on any atom is -0.512 e. The number of hydrogen-bond acceptors (Lipinski definition) is 4. The average molecular weight is 202 g/mol. The van der Waals surface area contributed by atoms with Crippen LogP contribution in [0.25, 0.3) is 0 Å². The van der Waals surface area contributed by atoms with E-state index >= 15 is 0 Å². The Hall–Kier alpha value is -2.07. The molecule has 0 aromatic heterocycles. The van der Waals surface area contributed by atoms with Gasteiger partial charge in [0.25, 0.3) is 0 Å². The number of allylic oxidation sites excluding steroid dienone is 4. The second-order valence-corrected chi connectivity index (χ2v) is 3.58. The van der Waals surface area contributed by atoms with Crippen LogP contribution in [-0.2, 0) is 4.79 Å². The third-order valence-corrected chi connectivity index (χ3v) is 2.22. The van der Waals surface area contributed by atoms with E-state index in [1.165, 1.54) is 0 Å². The summed E-state index contributed by atoms with van der Waals surface area (Å²) in [5.74, 6) is -0.127. The van der Waals surface area contributed by atoms with Crippen LogP contribution in [0.5, 0.6) is 0 Å². The molecule has 1 aliphatic rings. The summed E-state index contributed by atoms with van der Waals surface area (Å²) < 4.78 is 0. The highest BCUT2D eigenvalue weighted by molar-refractivity contribution is 5.99. The highest BCUT2D eigenvalue weighted by Gasteiger charge is 2.23. The molecule has 0 aromatic rings. The van der Waals surface area contributed by atoms with Gasteiger partial charge in [-0.15, -0.1) is 0 Å². The Morgan fingerprint density at radius 2 is 2.07 bits per heavy atom. The Balaban J connectivity index is 3.11. The summed E-state index contributed by atoms with van der Waals surface area (Å²) in [4.78, 5) is 11.5. The molecule has 76 valence electrons. The van der Waals surface area contributed by atoms with Gasteiger partial charge in [0.05, 0.1) is 5.57 Å². The van der Waals surface area contributed by atoms with Gasteiger partial charge in [-0.1, -0.05) is 6.92 Å². The van der Waals surface area contributed by atoms with Crippen molar-refractivity contribution in [1.82, 2.24) is 0 Å². The summed E-state index contributed by atoms with van der Waals surface area (Å²) in [5.41, 5.74) is -0.0642. The molecular weight excluding hydrogens is 192 g/mol. The largest absolute Gasteiger partial charge is 0.512 e. The highest BCUT2D eigenvalue weighted by Crippen LogP contribution is 2.26. The number of nitriles is 2. The summed E-state index contributed by atoms with van der Waals surface area (Å²) in [6.07, 6.45) is 1.92. The second-order valence-electron chi connectivity index (χ2n) is 3.58. The van der Waals surface area contributed by atoms with E-state index in [2.05, 4.69) is 0 Å². The monoisotopic (exact) mass is 202 g/mol. The van der Waals surface area contributed by atoms with Gasteiger partial charge in [0.2, 0.25) is 0 Å². The number of Topliss-reactive ketones (excluding diaryl/α,β-unsaturated/α-hetero) is 1. The van der Waals surface area contributed by atoms with Crippen LogP contribution in [-0.4, -0.2) is 10.9 Å². The number of carbonyl (C=O) groups is 1. The summed E-state index contributed by atoms with van der Waals surface area (Å²) >= 11 is 0. The molecule has 1 aliphatic carbocycles. The van der Waals surface area contributed by atoms with Gasteiger partial charge in [-0.05, 0) is 12.0 Å². The van der Waals surface area contributed by atoms with Crippen molar-refractivity contribution in [3.8, 4) is 12.1 Å². The number of ketones is 1. The van der Waals surface area contributed by atoms with Crippen LogP contribution in [0, 0.1) is 28.6 Å². The van der Waals surface area contributed by atoms with E-state index in [-0.39, 0.29) is 28.6 Å². The SMILES string of the molecule is C[C@H]1CC(=O)C(C=C(C#N)C#N)=C(O)C1. The molecule has 1 N–H and O–H groups in total. The zero-order valence-electron chi connectivity index (χ0n) is 8.32. The normalized spacial score (nSPS) is 20.5. The van der Waals surface area contributed by atoms with E-state index in [1.54, 1.807) is 12.1 Å². The van der Waals surface area contributed by atoms with E-state index < -0.39 is 0 Å². The fourth-order valence-corrected chi connectivity index (χ4v) is 1.50. The standard InChI is InChI=1S/C11H10N2O2/c1-7-2-10(14)9(11(15)3-7)4-8(5-12)6-13/h4,7,14H,2-3H2,1H3/t7-/m1/s1. The van der Waals surface area contributed by atoms with E-state index in [1.807, 2.05) is 6.92 Å². The van der Waals surface area contributed by atoms with Crippen molar-refractivity contribution in [2.75, 3.05) is 0 Å². The van der Waals surface area contributed by atoms with Crippen LogP contribution < -0.4 is 0 Å². The summed E-state index contributed by atoms with van der Waals surface area (Å²) in [6, 6.07) is 3.31. The molecule has 4 heteroatoms. The Labute approximate surface area is 87.7 Å². The van der Waals surface area contributed by atoms with E-state index in [9.17, 15) is 9.90 Å². The van der Waals surface area contributed by atoms with Gasteiger partial charge in [0.1, 0.15) is 23.5 Å². The van der Waals surface area contributed by atoms with Crippen LogP contribution in [0.15, 0.2) is 23.0 Å². The molecule has 0 fully saturated rings. The van der Waals surface area contributed by atoms with E-state index in [4.69, 9.17) is 10.5 Å². The molecule has 4 nitrogen and oxygen atoms in total. The molecule has 0 unspecified atom stereocenters. The second kappa shape index (κ2) is 4.43. The van der Waals surface area contributed by atoms with Crippen molar-refractivity contribution in [2.45, 2.75) is 19.8 Å². The lowest BCUT2D eigenvalue weighted by Gasteiger charge is -2.18. The van der Waals surface area contributed by atoms with Gasteiger partial charge in [-0.2, -0.15) is 10.5 Å². The van der Waals surface area contributed by atoms with Gasteiger partial charge in [-0.3, -0.25) is 4.79 Å². The maximum absolute atomic E-state index is 11.5. The molecule has 0 saturated carbocycles. The average Bonchev–Trinajstić information content (AvgIpc) is 2.17. The Bertz CT molecular complexity index is 416. The number of nitrogens with zero attached hydrogens (tertiary/aromatic N) is 2. The van der Waals surface area contributed by atoms with E-state index in [0.29, 0.717) is 12.8 Å². The molecule has 1 rings (SSSR count). The van der Waals surface area contributed by atoms with Gasteiger partial charge in [0.15, 0.2) is 5.78 Å². The molecule has 0 aromatic carbocycles. The first-order chi connectivity index (χ1) is 7.08. The lowest BCUT2D eigenvalue weighted by atomic mass is 9.88. The van der Waals surface area contributed by atoms with Crippen LogP contribution in [0.2, 0.25) is 0 Å². The van der Waals surface area contributed by atoms with Crippen molar-refractivity contribution in [2.24, 2.45) is 5.92 Å². The third kappa shape index (κ3) is 2.45. The van der Waals surface area contributed by atoms with Gasteiger partial charge < -0.3 is 5.11 Å². The van der Waals surface area contributed by atoms with E-state index in [0.717, 1.165) is 6.08 Å². The lowest BCUT2D eigenvalue weighted by Crippen LogP contribution is -2.16. The third-order valence-electron chi connectivity index (χ3n) is 2.22. The molecule has 0 spiro atoms. The molecule has 1 atom stereocenters. The molecular formula is C11H10N2O2. The number of aliphatic hydroxyl groups excluding tert-OH is 1. The minimum atomic E-state index is -0.214. The van der Waals surface area contributed by atoms with Crippen molar-refractivity contribution in [3.63, 3.8) is 0 Å². The summed E-state index contributed by atoms with van der Waals surface area (Å²) in [6.45, 7) is 1.87. The number of carbonyl (C=O) groups excluding carboxylic acids is 1. The zero-order chi connectivity index (χ0) is 11.4. The molecule has 0 saturated heterocycles. The predicted octanol–water partition coefficient (Wildman–Crippen LogP) is 1.77.